The van der Waals surface area contributed by atoms with Gasteiger partial charge in [-0.05, 0) is 6.07 Å². The van der Waals surface area contributed by atoms with Crippen LogP contribution in [0.3, 0.4) is 0 Å². The van der Waals surface area contributed by atoms with Gasteiger partial charge in [0.25, 0.3) is 5.91 Å². The predicted molar refractivity (Wildman–Crippen MR) is 78.5 cm³/mol. The van der Waals surface area contributed by atoms with Gasteiger partial charge in [0.15, 0.2) is 5.13 Å². The van der Waals surface area contributed by atoms with E-state index in [1.54, 1.807) is 24.3 Å². The summed E-state index contributed by atoms with van der Waals surface area (Å²) < 4.78 is 0. The van der Waals surface area contributed by atoms with E-state index in [9.17, 15) is 9.90 Å². The molecule has 0 fully saturated rings. The van der Waals surface area contributed by atoms with Crippen LogP contribution >= 0.6 is 11.3 Å². The largest absolute Gasteiger partial charge is 0.375 e. The van der Waals surface area contributed by atoms with Crippen LogP contribution in [0.2, 0.25) is 0 Å². The zero-order valence-electron chi connectivity index (χ0n) is 10.6. The number of aromatic nitrogens is 1. The molecule has 1 aromatic heterocycles. The second kappa shape index (κ2) is 4.43. The molecule has 2 heterocycles. The maximum absolute atomic E-state index is 12.7. The Labute approximate surface area is 120 Å². The second-order valence-corrected chi connectivity index (χ2v) is 5.56. The molecule has 6 heteroatoms. The molecule has 20 heavy (non-hydrogen) atoms. The number of carbonyl (C=O) groups is 1. The van der Waals surface area contributed by atoms with Crippen molar-refractivity contribution in [2.45, 2.75) is 5.60 Å². The van der Waals surface area contributed by atoms with Gasteiger partial charge in [-0.2, -0.15) is 0 Å². The molecule has 0 unspecified atom stereocenters. The van der Waals surface area contributed by atoms with Crippen molar-refractivity contribution in [3.05, 3.63) is 53.6 Å². The van der Waals surface area contributed by atoms with Gasteiger partial charge < -0.3 is 15.7 Å². The Morgan fingerprint density at radius 3 is 2.90 bits per heavy atom. The minimum Gasteiger partial charge on any atom is -0.375 e. The lowest BCUT2D eigenvalue weighted by Gasteiger charge is -2.20. The number of fused-ring (bicyclic) bond motifs is 1. The van der Waals surface area contributed by atoms with Crippen molar-refractivity contribution < 1.29 is 9.90 Å². The van der Waals surface area contributed by atoms with E-state index in [0.717, 1.165) is 11.3 Å². The van der Waals surface area contributed by atoms with Crippen LogP contribution < -0.4 is 10.6 Å². The maximum atomic E-state index is 12.7. The van der Waals surface area contributed by atoms with Crippen LogP contribution in [-0.4, -0.2) is 22.5 Å². The third-order valence-corrected chi connectivity index (χ3v) is 4.27. The van der Waals surface area contributed by atoms with Crippen LogP contribution in [0, 0.1) is 0 Å². The summed E-state index contributed by atoms with van der Waals surface area (Å²) >= 11 is 1.11. The molecule has 2 aromatic rings. The number of nitrogen functional groups attached to an aromatic ring is 1. The highest BCUT2D eigenvalue weighted by Crippen LogP contribution is 2.45. The molecule has 3 rings (SSSR count). The van der Waals surface area contributed by atoms with E-state index >= 15 is 0 Å². The van der Waals surface area contributed by atoms with E-state index < -0.39 is 11.5 Å². The number of thiazole rings is 1. The summed E-state index contributed by atoms with van der Waals surface area (Å²) in [4.78, 5) is 18.5. The summed E-state index contributed by atoms with van der Waals surface area (Å²) in [5.41, 5.74) is 5.14. The Hall–Kier alpha value is -2.18. The normalized spacial score (nSPS) is 21.1. The van der Waals surface area contributed by atoms with E-state index in [1.807, 2.05) is 6.07 Å². The lowest BCUT2D eigenvalue weighted by molar-refractivity contribution is -0.131. The third kappa shape index (κ3) is 1.59. The fourth-order valence-corrected chi connectivity index (χ4v) is 3.22. The van der Waals surface area contributed by atoms with E-state index in [1.165, 1.54) is 11.1 Å². The molecule has 3 N–H and O–H groups in total. The van der Waals surface area contributed by atoms with Gasteiger partial charge in [0, 0.05) is 18.3 Å². The molecule has 5 nitrogen and oxygen atoms in total. The molecule has 0 aliphatic carbocycles. The molecule has 0 bridgehead atoms. The molecular formula is C14H13N3O2S. The Balaban J connectivity index is 2.21. The summed E-state index contributed by atoms with van der Waals surface area (Å²) in [5.74, 6) is -0.401. The lowest BCUT2D eigenvalue weighted by atomic mass is 9.94. The average Bonchev–Trinajstić information content (AvgIpc) is 2.97. The first-order valence-electron chi connectivity index (χ1n) is 6.05. The number of rotatable bonds is 3. The van der Waals surface area contributed by atoms with Crippen molar-refractivity contribution >= 4 is 28.1 Å². The minimum atomic E-state index is -1.71. The monoisotopic (exact) mass is 287 g/mol. The van der Waals surface area contributed by atoms with Crippen molar-refractivity contribution in [1.82, 2.24) is 4.98 Å². The lowest BCUT2D eigenvalue weighted by Crippen LogP contribution is -2.40. The van der Waals surface area contributed by atoms with Crippen molar-refractivity contribution in [2.75, 3.05) is 17.2 Å². The number of anilines is 2. The van der Waals surface area contributed by atoms with Gasteiger partial charge in [0.1, 0.15) is 0 Å². The van der Waals surface area contributed by atoms with Gasteiger partial charge >= 0.3 is 0 Å². The zero-order valence-corrected chi connectivity index (χ0v) is 11.4. The standard InChI is InChI=1S/C14H13N3O2S/c1-2-7-17-10-6-4-3-5-9(10)14(19,12(17)18)11-8-16-13(15)20-11/h2-6,8,19H,1,7H2,(H2,15,16)/t14-/m0/s1. The van der Waals surface area contributed by atoms with Crippen molar-refractivity contribution in [3.8, 4) is 0 Å². The highest BCUT2D eigenvalue weighted by Gasteiger charge is 2.51. The molecule has 1 aliphatic heterocycles. The number of aliphatic hydroxyl groups is 1. The quantitative estimate of drug-likeness (QED) is 0.838. The highest BCUT2D eigenvalue weighted by molar-refractivity contribution is 7.15. The molecule has 1 amide bonds. The van der Waals surface area contributed by atoms with Gasteiger partial charge in [0.2, 0.25) is 5.60 Å². The predicted octanol–water partition coefficient (Wildman–Crippen LogP) is 1.49. The summed E-state index contributed by atoms with van der Waals surface area (Å²) in [6.45, 7) is 3.99. The maximum Gasteiger partial charge on any atom is 0.269 e. The van der Waals surface area contributed by atoms with Crippen LogP contribution in [0.15, 0.2) is 43.1 Å². The average molecular weight is 287 g/mol. The van der Waals surface area contributed by atoms with E-state index in [4.69, 9.17) is 5.73 Å². The SMILES string of the molecule is C=CCN1C(=O)[C@@](O)(c2cnc(N)s2)c2ccccc21. The first-order chi connectivity index (χ1) is 9.59. The van der Waals surface area contributed by atoms with Gasteiger partial charge in [-0.15, -0.1) is 6.58 Å². The molecule has 1 aliphatic rings. The van der Waals surface area contributed by atoms with Gasteiger partial charge in [0.05, 0.1) is 10.6 Å². The Bertz CT molecular complexity index is 697. The molecule has 0 saturated heterocycles. The number of nitrogens with two attached hydrogens (primary N) is 1. The number of hydrogen-bond donors (Lipinski definition) is 2. The van der Waals surface area contributed by atoms with E-state index in [2.05, 4.69) is 11.6 Å². The Morgan fingerprint density at radius 2 is 2.25 bits per heavy atom. The molecule has 102 valence electrons. The Kier molecular flexibility index (Phi) is 2.84. The summed E-state index contributed by atoms with van der Waals surface area (Å²) in [5, 5.41) is 11.3. The summed E-state index contributed by atoms with van der Waals surface area (Å²) in [6.07, 6.45) is 3.08. The number of hydrogen-bond acceptors (Lipinski definition) is 5. The van der Waals surface area contributed by atoms with Crippen molar-refractivity contribution in [2.24, 2.45) is 0 Å². The molecule has 1 aromatic carbocycles. The van der Waals surface area contributed by atoms with Crippen LogP contribution in [0.4, 0.5) is 10.8 Å². The first-order valence-corrected chi connectivity index (χ1v) is 6.87. The molecule has 0 spiro atoms. The molecule has 0 saturated carbocycles. The fourth-order valence-electron chi connectivity index (χ4n) is 2.44. The highest BCUT2D eigenvalue weighted by atomic mass is 32.1. The first kappa shape index (κ1) is 12.8. The second-order valence-electron chi connectivity index (χ2n) is 4.49. The van der Waals surface area contributed by atoms with E-state index in [0.29, 0.717) is 27.8 Å². The van der Waals surface area contributed by atoms with Crippen LogP contribution in [0.1, 0.15) is 10.4 Å². The topological polar surface area (TPSA) is 79.5 Å². The fraction of sp³-hybridized carbons (Fsp3) is 0.143. The van der Waals surface area contributed by atoms with Crippen LogP contribution in [0.5, 0.6) is 0 Å². The van der Waals surface area contributed by atoms with Gasteiger partial charge in [-0.1, -0.05) is 35.6 Å². The molecular weight excluding hydrogens is 274 g/mol. The zero-order chi connectivity index (χ0) is 14.3. The van der Waals surface area contributed by atoms with Crippen molar-refractivity contribution in [1.29, 1.82) is 0 Å². The molecule has 1 atom stereocenters. The smallest absolute Gasteiger partial charge is 0.269 e. The summed E-state index contributed by atoms with van der Waals surface area (Å²) in [7, 11) is 0. The third-order valence-electron chi connectivity index (χ3n) is 3.33. The number of amides is 1. The van der Waals surface area contributed by atoms with Crippen LogP contribution in [-0.2, 0) is 10.4 Å². The minimum absolute atomic E-state index is 0.320. The van der Waals surface area contributed by atoms with Crippen LogP contribution in [0.25, 0.3) is 0 Å². The number of para-hydroxylation sites is 1. The summed E-state index contributed by atoms with van der Waals surface area (Å²) in [6, 6.07) is 7.17. The van der Waals surface area contributed by atoms with E-state index in [-0.39, 0.29) is 0 Å². The molecule has 0 radical (unpaired) electrons. The number of benzene rings is 1. The van der Waals surface area contributed by atoms with Crippen molar-refractivity contribution in [3.63, 3.8) is 0 Å². The van der Waals surface area contributed by atoms with Gasteiger partial charge in [-0.3, -0.25) is 4.79 Å². The van der Waals surface area contributed by atoms with Gasteiger partial charge in [-0.25, -0.2) is 4.98 Å². The Morgan fingerprint density at radius 1 is 1.50 bits per heavy atom. The number of carbonyl (C=O) groups excluding carboxylic acids is 1. The number of nitrogens with zero attached hydrogens (tertiary/aromatic N) is 2.